The van der Waals surface area contributed by atoms with Gasteiger partial charge in [0.2, 0.25) is 5.91 Å². The van der Waals surface area contributed by atoms with Crippen molar-refractivity contribution in [3.63, 3.8) is 0 Å². The van der Waals surface area contributed by atoms with E-state index < -0.39 is 0 Å². The summed E-state index contributed by atoms with van der Waals surface area (Å²) in [6.07, 6.45) is 7.51. The van der Waals surface area contributed by atoms with E-state index in [1.807, 2.05) is 0 Å². The Morgan fingerprint density at radius 2 is 2.10 bits per heavy atom. The highest BCUT2D eigenvalue weighted by atomic mass is 79.9. The number of hydrazone groups is 1. The molecule has 1 amide bonds. The van der Waals surface area contributed by atoms with E-state index in [0.29, 0.717) is 12.0 Å². The highest BCUT2D eigenvalue weighted by molar-refractivity contribution is 9.10. The van der Waals surface area contributed by atoms with Gasteiger partial charge in [-0.15, -0.1) is 0 Å². The first-order chi connectivity index (χ1) is 9.63. The summed E-state index contributed by atoms with van der Waals surface area (Å²) < 4.78 is 0.846. The Morgan fingerprint density at radius 1 is 1.35 bits per heavy atom. The number of hydrogen-bond donors (Lipinski definition) is 2. The molecule has 110 valence electrons. The fraction of sp³-hybridized carbons (Fsp3) is 0.467. The average molecular weight is 341 g/mol. The Bertz CT molecular complexity index is 461. The number of rotatable bonds is 8. The Balaban J connectivity index is 2.29. The molecular formula is C15H21BrN2O2. The third-order valence-corrected chi connectivity index (χ3v) is 3.38. The van der Waals surface area contributed by atoms with Crippen molar-refractivity contribution >= 4 is 28.1 Å². The average Bonchev–Trinajstić information content (AvgIpc) is 2.42. The number of carbonyl (C=O) groups excluding carboxylic acids is 1. The van der Waals surface area contributed by atoms with Crippen molar-refractivity contribution in [2.24, 2.45) is 5.10 Å². The zero-order valence-electron chi connectivity index (χ0n) is 11.7. The van der Waals surface area contributed by atoms with Crippen LogP contribution in [0.3, 0.4) is 0 Å². The molecule has 2 N–H and O–H groups in total. The van der Waals surface area contributed by atoms with E-state index >= 15 is 0 Å². The highest BCUT2D eigenvalue weighted by Crippen LogP contribution is 2.19. The van der Waals surface area contributed by atoms with Crippen LogP contribution in [0, 0.1) is 0 Å². The fourth-order valence-corrected chi connectivity index (χ4v) is 2.13. The third-order valence-electron chi connectivity index (χ3n) is 2.89. The van der Waals surface area contributed by atoms with Crippen molar-refractivity contribution in [2.75, 3.05) is 0 Å². The lowest BCUT2D eigenvalue weighted by atomic mass is 10.1. The summed E-state index contributed by atoms with van der Waals surface area (Å²) in [5, 5.41) is 13.5. The van der Waals surface area contributed by atoms with Gasteiger partial charge in [-0.3, -0.25) is 4.79 Å². The quantitative estimate of drug-likeness (QED) is 0.427. The Kier molecular flexibility index (Phi) is 7.95. The SMILES string of the molecule is CCCCCCCC(=O)N/N=C/c1cc(Br)ccc1O. The number of hydrogen-bond acceptors (Lipinski definition) is 3. The second-order valence-corrected chi connectivity index (χ2v) is 5.58. The first kappa shape index (κ1) is 16.7. The number of aromatic hydroxyl groups is 1. The summed E-state index contributed by atoms with van der Waals surface area (Å²) in [7, 11) is 0. The molecular weight excluding hydrogens is 320 g/mol. The number of halogens is 1. The molecule has 0 heterocycles. The predicted octanol–water partition coefficient (Wildman–Crippen LogP) is 3.97. The van der Waals surface area contributed by atoms with Gasteiger partial charge in [-0.05, 0) is 24.6 Å². The predicted molar refractivity (Wildman–Crippen MR) is 84.9 cm³/mol. The molecule has 0 atom stereocenters. The van der Waals surface area contributed by atoms with Crippen LogP contribution in [-0.4, -0.2) is 17.2 Å². The Morgan fingerprint density at radius 3 is 2.85 bits per heavy atom. The van der Waals surface area contributed by atoms with Crippen LogP contribution in [0.25, 0.3) is 0 Å². The molecule has 20 heavy (non-hydrogen) atoms. The number of unbranched alkanes of at least 4 members (excludes halogenated alkanes) is 4. The molecule has 0 saturated carbocycles. The van der Waals surface area contributed by atoms with Crippen LogP contribution in [0.1, 0.15) is 51.0 Å². The second kappa shape index (κ2) is 9.53. The van der Waals surface area contributed by atoms with Gasteiger partial charge in [0.25, 0.3) is 0 Å². The molecule has 0 bridgehead atoms. The summed E-state index contributed by atoms with van der Waals surface area (Å²) in [6, 6.07) is 5.04. The smallest absolute Gasteiger partial charge is 0.240 e. The Labute approximate surface area is 128 Å². The summed E-state index contributed by atoms with van der Waals surface area (Å²) >= 11 is 3.31. The van der Waals surface area contributed by atoms with E-state index in [1.54, 1.807) is 18.2 Å². The molecule has 0 fully saturated rings. The van der Waals surface area contributed by atoms with E-state index in [0.717, 1.165) is 17.3 Å². The van der Waals surface area contributed by atoms with Crippen LogP contribution in [-0.2, 0) is 4.79 Å². The minimum atomic E-state index is -0.0905. The minimum Gasteiger partial charge on any atom is -0.507 e. The van der Waals surface area contributed by atoms with Crippen molar-refractivity contribution < 1.29 is 9.90 Å². The minimum absolute atomic E-state index is 0.0905. The molecule has 0 aliphatic carbocycles. The second-order valence-electron chi connectivity index (χ2n) is 4.66. The lowest BCUT2D eigenvalue weighted by Crippen LogP contribution is -2.16. The number of amides is 1. The van der Waals surface area contributed by atoms with Gasteiger partial charge < -0.3 is 5.11 Å². The summed E-state index contributed by atoms with van der Waals surface area (Å²) in [6.45, 7) is 2.17. The van der Waals surface area contributed by atoms with E-state index in [9.17, 15) is 9.90 Å². The number of phenols is 1. The lowest BCUT2D eigenvalue weighted by molar-refractivity contribution is -0.121. The van der Waals surface area contributed by atoms with Gasteiger partial charge >= 0.3 is 0 Å². The summed E-state index contributed by atoms with van der Waals surface area (Å²) in [5.41, 5.74) is 3.03. The molecule has 0 spiro atoms. The first-order valence-corrected chi connectivity index (χ1v) is 7.73. The molecule has 1 aromatic rings. The van der Waals surface area contributed by atoms with Gasteiger partial charge in [0.1, 0.15) is 5.75 Å². The molecule has 4 nitrogen and oxygen atoms in total. The zero-order valence-corrected chi connectivity index (χ0v) is 13.3. The van der Waals surface area contributed by atoms with Gasteiger partial charge in [0, 0.05) is 16.5 Å². The maximum atomic E-state index is 11.5. The maximum absolute atomic E-state index is 11.5. The number of phenolic OH excluding ortho intramolecular Hbond substituents is 1. The third kappa shape index (κ3) is 6.70. The molecule has 0 aliphatic heterocycles. The molecule has 0 unspecified atom stereocenters. The van der Waals surface area contributed by atoms with Gasteiger partial charge in [-0.25, -0.2) is 5.43 Å². The van der Waals surface area contributed by atoms with Gasteiger partial charge in [0.05, 0.1) is 6.21 Å². The molecule has 0 aliphatic rings. The van der Waals surface area contributed by atoms with E-state index in [1.165, 1.54) is 25.5 Å². The standard InChI is InChI=1S/C15H21BrN2O2/c1-2-3-4-5-6-7-15(20)18-17-11-12-10-13(16)8-9-14(12)19/h8-11,19H,2-7H2,1H3,(H,18,20)/b17-11+. The molecule has 1 aromatic carbocycles. The van der Waals surface area contributed by atoms with Crippen LogP contribution in [0.4, 0.5) is 0 Å². The highest BCUT2D eigenvalue weighted by Gasteiger charge is 2.01. The van der Waals surface area contributed by atoms with Gasteiger partial charge in [-0.2, -0.15) is 5.10 Å². The monoisotopic (exact) mass is 340 g/mol. The van der Waals surface area contributed by atoms with Gasteiger partial charge in [0.15, 0.2) is 0 Å². The van der Waals surface area contributed by atoms with Crippen molar-refractivity contribution in [1.82, 2.24) is 5.43 Å². The largest absolute Gasteiger partial charge is 0.507 e. The number of benzene rings is 1. The zero-order chi connectivity index (χ0) is 14.8. The maximum Gasteiger partial charge on any atom is 0.240 e. The van der Waals surface area contributed by atoms with E-state index in [2.05, 4.69) is 33.4 Å². The van der Waals surface area contributed by atoms with E-state index in [4.69, 9.17) is 0 Å². The van der Waals surface area contributed by atoms with Crippen molar-refractivity contribution in [3.05, 3.63) is 28.2 Å². The van der Waals surface area contributed by atoms with Crippen molar-refractivity contribution in [2.45, 2.75) is 45.4 Å². The molecule has 5 heteroatoms. The van der Waals surface area contributed by atoms with Crippen LogP contribution >= 0.6 is 15.9 Å². The molecule has 0 radical (unpaired) electrons. The topological polar surface area (TPSA) is 61.7 Å². The Hall–Kier alpha value is -1.36. The van der Waals surface area contributed by atoms with Crippen LogP contribution in [0.5, 0.6) is 5.75 Å². The first-order valence-electron chi connectivity index (χ1n) is 6.94. The van der Waals surface area contributed by atoms with Crippen LogP contribution in [0.2, 0.25) is 0 Å². The summed E-state index contributed by atoms with van der Waals surface area (Å²) in [5.74, 6) is 0.0398. The van der Waals surface area contributed by atoms with Crippen LogP contribution < -0.4 is 5.43 Å². The number of carbonyl (C=O) groups is 1. The molecule has 0 aromatic heterocycles. The molecule has 0 saturated heterocycles. The molecule has 1 rings (SSSR count). The fourth-order valence-electron chi connectivity index (χ4n) is 1.75. The van der Waals surface area contributed by atoms with Gasteiger partial charge in [-0.1, -0.05) is 48.5 Å². The van der Waals surface area contributed by atoms with Crippen molar-refractivity contribution in [1.29, 1.82) is 0 Å². The number of nitrogens with zero attached hydrogens (tertiary/aromatic N) is 1. The number of nitrogens with one attached hydrogen (secondary N) is 1. The van der Waals surface area contributed by atoms with E-state index in [-0.39, 0.29) is 11.7 Å². The van der Waals surface area contributed by atoms with Crippen molar-refractivity contribution in [3.8, 4) is 5.75 Å². The van der Waals surface area contributed by atoms with Crippen LogP contribution in [0.15, 0.2) is 27.8 Å². The lowest BCUT2D eigenvalue weighted by Gasteiger charge is -2.01. The summed E-state index contributed by atoms with van der Waals surface area (Å²) in [4.78, 5) is 11.5. The normalized spacial score (nSPS) is 10.9.